The van der Waals surface area contributed by atoms with E-state index in [2.05, 4.69) is 103 Å². The molecular formula is C29H23IrN2S-. The third-order valence-corrected chi connectivity index (χ3v) is 7.00. The van der Waals surface area contributed by atoms with Crippen molar-refractivity contribution in [3.63, 3.8) is 0 Å². The second-order valence-electron chi connectivity index (χ2n) is 8.69. The minimum absolute atomic E-state index is 0. The minimum atomic E-state index is 0. The molecule has 0 fully saturated rings. The van der Waals surface area contributed by atoms with Crippen LogP contribution in [0.4, 0.5) is 0 Å². The Morgan fingerprint density at radius 2 is 1.79 bits per heavy atom. The molecule has 3 aromatic carbocycles. The summed E-state index contributed by atoms with van der Waals surface area (Å²) in [6.07, 6.45) is 3.08. The van der Waals surface area contributed by atoms with Crippen molar-refractivity contribution < 1.29 is 20.1 Å². The van der Waals surface area contributed by atoms with E-state index in [1.165, 1.54) is 37.9 Å². The quantitative estimate of drug-likeness (QED) is 0.144. The zero-order chi connectivity index (χ0) is 21.7. The summed E-state index contributed by atoms with van der Waals surface area (Å²) in [6.45, 7) is 4.57. The van der Waals surface area contributed by atoms with Crippen LogP contribution in [0.3, 0.4) is 0 Å². The minimum Gasteiger partial charge on any atom is -0.333 e. The number of hydrogen-bond acceptors (Lipinski definition) is 2. The molecule has 0 unspecified atom stereocenters. The van der Waals surface area contributed by atoms with E-state index in [9.17, 15) is 0 Å². The van der Waals surface area contributed by atoms with Crippen LogP contribution in [0.5, 0.6) is 0 Å². The van der Waals surface area contributed by atoms with Crippen LogP contribution in [-0.4, -0.2) is 9.38 Å². The Hall–Kier alpha value is -2.78. The molecule has 3 heterocycles. The van der Waals surface area contributed by atoms with E-state index in [-0.39, 0.29) is 20.1 Å². The molecular weight excluding hydrogens is 601 g/mol. The van der Waals surface area contributed by atoms with Crippen LogP contribution in [0.15, 0.2) is 84.4 Å². The van der Waals surface area contributed by atoms with Gasteiger partial charge in [0.05, 0.1) is 11.3 Å². The van der Waals surface area contributed by atoms with E-state index in [4.69, 9.17) is 4.98 Å². The molecule has 0 atom stereocenters. The van der Waals surface area contributed by atoms with Gasteiger partial charge in [-0.05, 0) is 40.8 Å². The monoisotopic (exact) mass is 624 g/mol. The molecule has 0 N–H and O–H groups in total. The number of thiophene rings is 1. The first kappa shape index (κ1) is 22.0. The van der Waals surface area contributed by atoms with Gasteiger partial charge in [-0.25, -0.2) is 0 Å². The van der Waals surface area contributed by atoms with Gasteiger partial charge in [-0.15, -0.1) is 41.0 Å². The number of benzene rings is 3. The van der Waals surface area contributed by atoms with E-state index in [1.54, 1.807) is 11.3 Å². The number of aromatic nitrogens is 2. The van der Waals surface area contributed by atoms with Gasteiger partial charge in [-0.1, -0.05) is 61.7 Å². The number of fused-ring (bicyclic) bond motifs is 6. The fourth-order valence-electron chi connectivity index (χ4n) is 4.84. The first-order chi connectivity index (χ1) is 15.7. The van der Waals surface area contributed by atoms with Gasteiger partial charge in [-0.2, -0.15) is 0 Å². The Morgan fingerprint density at radius 1 is 0.939 bits per heavy atom. The molecule has 0 bridgehead atoms. The number of para-hydroxylation sites is 1. The van der Waals surface area contributed by atoms with E-state index in [0.717, 1.165) is 23.1 Å². The number of rotatable bonds is 4. The van der Waals surface area contributed by atoms with Crippen LogP contribution >= 0.6 is 11.3 Å². The van der Waals surface area contributed by atoms with Crippen molar-refractivity contribution in [1.29, 1.82) is 0 Å². The summed E-state index contributed by atoms with van der Waals surface area (Å²) in [6, 6.07) is 29.4. The predicted molar refractivity (Wildman–Crippen MR) is 136 cm³/mol. The Labute approximate surface area is 211 Å². The van der Waals surface area contributed by atoms with Crippen molar-refractivity contribution >= 4 is 38.7 Å². The number of nitrogens with zero attached hydrogens (tertiary/aromatic N) is 2. The average molecular weight is 624 g/mol. The predicted octanol–water partition coefficient (Wildman–Crippen LogP) is 8.03. The summed E-state index contributed by atoms with van der Waals surface area (Å²) in [7, 11) is 0. The molecule has 6 rings (SSSR count). The zero-order valence-electron chi connectivity index (χ0n) is 18.5. The van der Waals surface area contributed by atoms with Crippen LogP contribution in [-0.2, 0) is 26.5 Å². The Kier molecular flexibility index (Phi) is 5.92. The summed E-state index contributed by atoms with van der Waals surface area (Å²) >= 11 is 1.79. The standard InChI is InChI=1S/C29H23N2S.Ir/c1-19(2)17-20-9-7-13-24(27-15-8-16-32-27)28(20)26-18-30-29-23-12-4-3-10-21(23)22-11-5-6-14-25(22)31(26)29;/h3-11,13-16,18-19H,17H2,1-2H3;/q-1;. The molecule has 0 aliphatic rings. The molecule has 1 radical (unpaired) electrons. The SMILES string of the molecule is CC(C)Cc1cccc(-c2cccs2)c1-c1cnc2c3[c-]cccc3c3ccccc3n12.[Ir]. The maximum Gasteiger partial charge on any atom is 0.0643 e. The third-order valence-electron chi connectivity index (χ3n) is 6.10. The van der Waals surface area contributed by atoms with E-state index in [0.29, 0.717) is 5.92 Å². The van der Waals surface area contributed by atoms with Crippen LogP contribution in [0.25, 0.3) is 49.0 Å². The topological polar surface area (TPSA) is 17.3 Å². The molecule has 6 aromatic rings. The number of imidazole rings is 1. The summed E-state index contributed by atoms with van der Waals surface area (Å²) in [5, 5.41) is 5.64. The van der Waals surface area contributed by atoms with Gasteiger partial charge in [0.1, 0.15) is 0 Å². The number of pyridine rings is 1. The normalized spacial score (nSPS) is 11.5. The zero-order valence-corrected chi connectivity index (χ0v) is 21.7. The average Bonchev–Trinajstić information content (AvgIpc) is 3.49. The van der Waals surface area contributed by atoms with Crippen LogP contribution in [0, 0.1) is 12.0 Å². The van der Waals surface area contributed by atoms with Crippen molar-refractivity contribution in [3.8, 4) is 21.7 Å². The molecule has 0 aliphatic carbocycles. The van der Waals surface area contributed by atoms with Gasteiger partial charge >= 0.3 is 0 Å². The van der Waals surface area contributed by atoms with Gasteiger partial charge in [0, 0.05) is 47.8 Å². The first-order valence-electron chi connectivity index (χ1n) is 11.1. The molecule has 0 saturated carbocycles. The molecule has 0 amide bonds. The molecule has 3 aromatic heterocycles. The Bertz CT molecular complexity index is 1580. The second-order valence-corrected chi connectivity index (χ2v) is 9.64. The molecule has 0 saturated heterocycles. The second kappa shape index (κ2) is 8.87. The van der Waals surface area contributed by atoms with Gasteiger partial charge in [0.15, 0.2) is 0 Å². The summed E-state index contributed by atoms with van der Waals surface area (Å²) in [5.41, 5.74) is 7.23. The first-order valence-corrected chi connectivity index (χ1v) is 11.9. The Balaban J connectivity index is 0.00000228. The van der Waals surface area contributed by atoms with Gasteiger partial charge < -0.3 is 4.40 Å². The van der Waals surface area contributed by atoms with E-state index >= 15 is 0 Å². The Morgan fingerprint density at radius 3 is 2.61 bits per heavy atom. The summed E-state index contributed by atoms with van der Waals surface area (Å²) in [5.74, 6) is 0.567. The van der Waals surface area contributed by atoms with Crippen molar-refractivity contribution in [3.05, 3.63) is 96.0 Å². The number of hydrogen-bond donors (Lipinski definition) is 0. The molecule has 2 nitrogen and oxygen atoms in total. The van der Waals surface area contributed by atoms with Gasteiger partial charge in [-0.3, -0.25) is 4.98 Å². The molecule has 33 heavy (non-hydrogen) atoms. The van der Waals surface area contributed by atoms with Crippen molar-refractivity contribution in [2.45, 2.75) is 20.3 Å². The van der Waals surface area contributed by atoms with Crippen molar-refractivity contribution in [1.82, 2.24) is 9.38 Å². The van der Waals surface area contributed by atoms with Crippen LogP contribution in [0.2, 0.25) is 0 Å². The maximum absolute atomic E-state index is 4.95. The largest absolute Gasteiger partial charge is 0.333 e. The molecule has 165 valence electrons. The van der Waals surface area contributed by atoms with Crippen molar-refractivity contribution in [2.24, 2.45) is 5.92 Å². The summed E-state index contributed by atoms with van der Waals surface area (Å²) in [4.78, 5) is 6.24. The molecule has 0 aliphatic heterocycles. The molecule has 4 heteroatoms. The van der Waals surface area contributed by atoms with E-state index in [1.807, 2.05) is 6.07 Å². The summed E-state index contributed by atoms with van der Waals surface area (Å²) < 4.78 is 2.34. The molecule has 0 spiro atoms. The van der Waals surface area contributed by atoms with Gasteiger partial charge in [0.2, 0.25) is 0 Å². The van der Waals surface area contributed by atoms with Crippen LogP contribution in [0.1, 0.15) is 19.4 Å². The van der Waals surface area contributed by atoms with E-state index < -0.39 is 0 Å². The van der Waals surface area contributed by atoms with Crippen LogP contribution < -0.4 is 0 Å². The van der Waals surface area contributed by atoms with Crippen molar-refractivity contribution in [2.75, 3.05) is 0 Å². The third kappa shape index (κ3) is 3.63. The fraction of sp³-hybridized carbons (Fsp3) is 0.138. The van der Waals surface area contributed by atoms with Gasteiger partial charge in [0.25, 0.3) is 0 Å². The smallest absolute Gasteiger partial charge is 0.0643 e. The maximum atomic E-state index is 4.95. The fourth-order valence-corrected chi connectivity index (χ4v) is 5.60.